The molecule has 7 heteroatoms. The van der Waals surface area contributed by atoms with Gasteiger partial charge in [0.1, 0.15) is 10.6 Å². The highest BCUT2D eigenvalue weighted by atomic mass is 35.5. The van der Waals surface area contributed by atoms with Crippen molar-refractivity contribution < 1.29 is 13.2 Å². The summed E-state index contributed by atoms with van der Waals surface area (Å²) in [5.41, 5.74) is 0.893. The standard InChI is InChI=1S/C16H19ClN2O3S/c1-4-19(5-2)23(20,21)14-7-9-16(18-11-14)22-13-6-8-15(17)12(3)10-13/h6-11H,4-5H2,1-3H3. The third kappa shape index (κ3) is 4.02. The molecule has 0 spiro atoms. The predicted molar refractivity (Wildman–Crippen MR) is 90.6 cm³/mol. The van der Waals surface area contributed by atoms with Crippen LogP contribution in [0, 0.1) is 6.92 Å². The Hall–Kier alpha value is -1.63. The molecular weight excluding hydrogens is 336 g/mol. The van der Waals surface area contributed by atoms with E-state index in [-0.39, 0.29) is 4.90 Å². The van der Waals surface area contributed by atoms with Gasteiger partial charge in [-0.05, 0) is 36.8 Å². The molecular formula is C16H19ClN2O3S. The van der Waals surface area contributed by atoms with E-state index in [1.165, 1.54) is 16.6 Å². The Labute approximate surface area is 141 Å². The van der Waals surface area contributed by atoms with Gasteiger partial charge < -0.3 is 4.74 Å². The van der Waals surface area contributed by atoms with Gasteiger partial charge in [-0.3, -0.25) is 0 Å². The van der Waals surface area contributed by atoms with Gasteiger partial charge in [-0.25, -0.2) is 13.4 Å². The van der Waals surface area contributed by atoms with Crippen LogP contribution in [0.15, 0.2) is 41.4 Å². The second-order valence-corrected chi connectivity index (χ2v) is 7.28. The zero-order valence-corrected chi connectivity index (χ0v) is 14.9. The molecule has 5 nitrogen and oxygen atoms in total. The fourth-order valence-corrected chi connectivity index (χ4v) is 3.62. The van der Waals surface area contributed by atoms with Gasteiger partial charge in [0.15, 0.2) is 0 Å². The molecule has 2 aromatic rings. The summed E-state index contributed by atoms with van der Waals surface area (Å²) < 4.78 is 31.8. The number of rotatable bonds is 6. The molecule has 0 unspecified atom stereocenters. The normalized spacial score (nSPS) is 11.7. The fraction of sp³-hybridized carbons (Fsp3) is 0.312. The van der Waals surface area contributed by atoms with Gasteiger partial charge in [-0.1, -0.05) is 25.4 Å². The number of aryl methyl sites for hydroxylation is 1. The Morgan fingerprint density at radius 2 is 1.87 bits per heavy atom. The third-order valence-electron chi connectivity index (χ3n) is 3.40. The molecule has 1 aromatic heterocycles. The lowest BCUT2D eigenvalue weighted by Crippen LogP contribution is -2.30. The second-order valence-electron chi connectivity index (χ2n) is 4.93. The number of aromatic nitrogens is 1. The smallest absolute Gasteiger partial charge is 0.244 e. The van der Waals surface area contributed by atoms with Gasteiger partial charge in [0.2, 0.25) is 15.9 Å². The van der Waals surface area contributed by atoms with Crippen LogP contribution in [0.5, 0.6) is 11.6 Å². The molecule has 0 fully saturated rings. The third-order valence-corrected chi connectivity index (χ3v) is 5.86. The molecule has 23 heavy (non-hydrogen) atoms. The van der Waals surface area contributed by atoms with Crippen molar-refractivity contribution in [2.75, 3.05) is 13.1 Å². The highest BCUT2D eigenvalue weighted by Gasteiger charge is 2.21. The van der Waals surface area contributed by atoms with Crippen LogP contribution in [0.1, 0.15) is 19.4 Å². The molecule has 0 amide bonds. The lowest BCUT2D eigenvalue weighted by molar-refractivity contribution is 0.443. The first kappa shape index (κ1) is 17.7. The van der Waals surface area contributed by atoms with E-state index in [0.717, 1.165) is 5.56 Å². The second kappa shape index (κ2) is 7.29. The van der Waals surface area contributed by atoms with E-state index >= 15 is 0 Å². The van der Waals surface area contributed by atoms with Crippen molar-refractivity contribution in [1.82, 2.24) is 9.29 Å². The van der Waals surface area contributed by atoms with Gasteiger partial charge >= 0.3 is 0 Å². The number of hydrogen-bond acceptors (Lipinski definition) is 4. The zero-order chi connectivity index (χ0) is 17.0. The van der Waals surface area contributed by atoms with Crippen LogP contribution in [-0.4, -0.2) is 30.8 Å². The van der Waals surface area contributed by atoms with Crippen molar-refractivity contribution in [3.63, 3.8) is 0 Å². The Bertz CT molecular complexity index is 772. The maximum atomic E-state index is 12.4. The van der Waals surface area contributed by atoms with Crippen molar-refractivity contribution in [3.8, 4) is 11.6 Å². The molecule has 0 N–H and O–H groups in total. The largest absolute Gasteiger partial charge is 0.439 e. The summed E-state index contributed by atoms with van der Waals surface area (Å²) in [6, 6.07) is 8.31. The van der Waals surface area contributed by atoms with Crippen LogP contribution in [0.3, 0.4) is 0 Å². The Balaban J connectivity index is 2.21. The Morgan fingerprint density at radius 3 is 2.39 bits per heavy atom. The summed E-state index contributed by atoms with van der Waals surface area (Å²) in [4.78, 5) is 4.24. The van der Waals surface area contributed by atoms with Crippen molar-refractivity contribution in [3.05, 3.63) is 47.1 Å². The summed E-state index contributed by atoms with van der Waals surface area (Å²) in [5.74, 6) is 0.920. The van der Waals surface area contributed by atoms with Crippen LogP contribution >= 0.6 is 11.6 Å². The van der Waals surface area contributed by atoms with E-state index in [2.05, 4.69) is 4.98 Å². The van der Waals surface area contributed by atoms with Gasteiger partial charge in [0.25, 0.3) is 0 Å². The molecule has 124 valence electrons. The quantitative estimate of drug-likeness (QED) is 0.790. The lowest BCUT2D eigenvalue weighted by Gasteiger charge is -2.18. The van der Waals surface area contributed by atoms with E-state index in [9.17, 15) is 8.42 Å². The van der Waals surface area contributed by atoms with Crippen LogP contribution in [0.25, 0.3) is 0 Å². The molecule has 0 aliphatic carbocycles. The number of pyridine rings is 1. The van der Waals surface area contributed by atoms with Crippen molar-refractivity contribution in [2.45, 2.75) is 25.7 Å². The number of nitrogens with zero attached hydrogens (tertiary/aromatic N) is 2. The summed E-state index contributed by atoms with van der Waals surface area (Å²) in [7, 11) is -3.51. The molecule has 0 atom stereocenters. The highest BCUT2D eigenvalue weighted by molar-refractivity contribution is 7.89. The van der Waals surface area contributed by atoms with Crippen LogP contribution < -0.4 is 4.74 Å². The van der Waals surface area contributed by atoms with E-state index in [1.807, 2.05) is 6.92 Å². The average Bonchev–Trinajstić information content (AvgIpc) is 2.52. The van der Waals surface area contributed by atoms with E-state index in [4.69, 9.17) is 16.3 Å². The molecule has 1 aromatic carbocycles. The Kier molecular flexibility index (Phi) is 5.62. The number of hydrogen-bond donors (Lipinski definition) is 0. The summed E-state index contributed by atoms with van der Waals surface area (Å²) in [6.45, 7) is 6.31. The molecule has 0 aliphatic rings. The summed E-state index contributed by atoms with van der Waals surface area (Å²) in [5, 5.41) is 0.658. The minimum Gasteiger partial charge on any atom is -0.439 e. The van der Waals surface area contributed by atoms with Gasteiger partial charge in [-0.2, -0.15) is 4.31 Å². The first-order chi connectivity index (χ1) is 10.9. The van der Waals surface area contributed by atoms with Crippen molar-refractivity contribution in [2.24, 2.45) is 0 Å². The summed E-state index contributed by atoms with van der Waals surface area (Å²) >= 11 is 5.97. The number of benzene rings is 1. The molecule has 0 saturated carbocycles. The van der Waals surface area contributed by atoms with E-state index in [0.29, 0.717) is 29.7 Å². The number of ether oxygens (including phenoxy) is 1. The minimum atomic E-state index is -3.51. The van der Waals surface area contributed by atoms with Crippen molar-refractivity contribution >= 4 is 21.6 Å². The molecule has 0 saturated heterocycles. The maximum absolute atomic E-state index is 12.4. The average molecular weight is 355 g/mol. The monoisotopic (exact) mass is 354 g/mol. The summed E-state index contributed by atoms with van der Waals surface area (Å²) in [6.07, 6.45) is 1.31. The molecule has 2 rings (SSSR count). The number of halogens is 1. The van der Waals surface area contributed by atoms with Crippen LogP contribution in [-0.2, 0) is 10.0 Å². The SMILES string of the molecule is CCN(CC)S(=O)(=O)c1ccc(Oc2ccc(Cl)c(C)c2)nc1. The molecule has 1 heterocycles. The van der Waals surface area contributed by atoms with Crippen molar-refractivity contribution in [1.29, 1.82) is 0 Å². The highest BCUT2D eigenvalue weighted by Crippen LogP contribution is 2.25. The zero-order valence-electron chi connectivity index (χ0n) is 13.3. The molecule has 0 radical (unpaired) electrons. The molecule has 0 bridgehead atoms. The minimum absolute atomic E-state index is 0.154. The van der Waals surface area contributed by atoms with E-state index < -0.39 is 10.0 Å². The maximum Gasteiger partial charge on any atom is 0.244 e. The first-order valence-electron chi connectivity index (χ1n) is 7.28. The first-order valence-corrected chi connectivity index (χ1v) is 9.10. The van der Waals surface area contributed by atoms with Crippen LogP contribution in [0.4, 0.5) is 0 Å². The van der Waals surface area contributed by atoms with Gasteiger partial charge in [-0.15, -0.1) is 0 Å². The van der Waals surface area contributed by atoms with Gasteiger partial charge in [0, 0.05) is 24.2 Å². The lowest BCUT2D eigenvalue weighted by atomic mass is 10.2. The Morgan fingerprint density at radius 1 is 1.17 bits per heavy atom. The van der Waals surface area contributed by atoms with E-state index in [1.54, 1.807) is 38.1 Å². The number of sulfonamides is 1. The van der Waals surface area contributed by atoms with Gasteiger partial charge in [0.05, 0.1) is 6.20 Å². The van der Waals surface area contributed by atoms with Crippen LogP contribution in [0.2, 0.25) is 5.02 Å². The predicted octanol–water partition coefficient (Wildman–Crippen LogP) is 3.87. The topological polar surface area (TPSA) is 59.5 Å². The molecule has 0 aliphatic heterocycles. The fourth-order valence-electron chi connectivity index (χ4n) is 2.09.